The predicted molar refractivity (Wildman–Crippen MR) is 148 cm³/mol. The average molecular weight is 537 g/mol. The summed E-state index contributed by atoms with van der Waals surface area (Å²) in [5.41, 5.74) is 5.97. The van der Waals surface area contributed by atoms with Crippen molar-refractivity contribution in [3.05, 3.63) is 59.7 Å². The number of amides is 3. The summed E-state index contributed by atoms with van der Waals surface area (Å²) in [6, 6.07) is 13.6. The molecule has 39 heavy (non-hydrogen) atoms. The van der Waals surface area contributed by atoms with E-state index < -0.39 is 23.6 Å². The van der Waals surface area contributed by atoms with Gasteiger partial charge in [0.05, 0.1) is 6.10 Å². The van der Waals surface area contributed by atoms with Gasteiger partial charge in [0.2, 0.25) is 17.7 Å². The number of hydrogen-bond acceptors (Lipinski definition) is 6. The van der Waals surface area contributed by atoms with Gasteiger partial charge in [-0.15, -0.1) is 0 Å². The third-order valence-electron chi connectivity index (χ3n) is 7.91. The van der Waals surface area contributed by atoms with E-state index in [1.165, 1.54) is 0 Å². The minimum atomic E-state index is -0.913. The molecular weight excluding hydrogens is 496 g/mol. The highest BCUT2D eigenvalue weighted by Gasteiger charge is 2.54. The zero-order chi connectivity index (χ0) is 28.2. The highest BCUT2D eigenvalue weighted by molar-refractivity contribution is 6.00. The fourth-order valence-electron chi connectivity index (χ4n) is 5.42. The van der Waals surface area contributed by atoms with Crippen molar-refractivity contribution < 1.29 is 24.2 Å². The third-order valence-corrected chi connectivity index (χ3v) is 7.91. The number of hydrogen-bond donors (Lipinski definition) is 3. The zero-order valence-electron chi connectivity index (χ0n) is 23.1. The van der Waals surface area contributed by atoms with E-state index in [2.05, 4.69) is 17.1 Å². The first kappa shape index (κ1) is 28.6. The summed E-state index contributed by atoms with van der Waals surface area (Å²) in [7, 11) is 0. The molecule has 2 unspecified atom stereocenters. The van der Waals surface area contributed by atoms with Crippen molar-refractivity contribution in [3.63, 3.8) is 0 Å². The van der Waals surface area contributed by atoms with Gasteiger partial charge in [0.1, 0.15) is 23.1 Å². The average Bonchev–Trinajstić information content (AvgIpc) is 2.93. The number of primary amides is 1. The zero-order valence-corrected chi connectivity index (χ0v) is 23.1. The lowest BCUT2D eigenvalue weighted by atomic mass is 9.80. The maximum absolute atomic E-state index is 13.5. The van der Waals surface area contributed by atoms with Gasteiger partial charge in [0.15, 0.2) is 0 Å². The van der Waals surface area contributed by atoms with E-state index >= 15 is 0 Å². The van der Waals surface area contributed by atoms with Crippen LogP contribution < -0.4 is 15.8 Å². The number of aliphatic hydroxyl groups is 1. The number of nitrogens with zero attached hydrogens (tertiary/aromatic N) is 2. The Morgan fingerprint density at radius 1 is 1.08 bits per heavy atom. The lowest BCUT2D eigenvalue weighted by molar-refractivity contribution is -0.165. The summed E-state index contributed by atoms with van der Waals surface area (Å²) in [6.07, 6.45) is 1.94. The molecule has 2 aliphatic rings. The number of piperazine rings is 1. The number of piperidine rings is 1. The summed E-state index contributed by atoms with van der Waals surface area (Å²) in [5.74, 6) is 0.372. The first-order valence-electron chi connectivity index (χ1n) is 13.8. The molecule has 0 aromatic heterocycles. The van der Waals surface area contributed by atoms with Crippen LogP contribution in [0, 0.1) is 5.92 Å². The van der Waals surface area contributed by atoms with Gasteiger partial charge in [-0.1, -0.05) is 39.3 Å². The van der Waals surface area contributed by atoms with Crippen LogP contribution in [0.4, 0.5) is 0 Å². The number of rotatable bonds is 10. The van der Waals surface area contributed by atoms with Gasteiger partial charge in [0, 0.05) is 31.7 Å². The molecule has 1 spiro atoms. The molecule has 210 valence electrons. The first-order chi connectivity index (χ1) is 18.6. The number of aliphatic hydroxyl groups excluding tert-OH is 1. The molecule has 2 aromatic rings. The number of ether oxygens (including phenoxy) is 1. The Labute approximate surface area is 230 Å². The summed E-state index contributed by atoms with van der Waals surface area (Å²) in [6.45, 7) is 8.39. The molecule has 9 heteroatoms. The highest BCUT2D eigenvalue weighted by atomic mass is 16.5. The summed E-state index contributed by atoms with van der Waals surface area (Å²) in [5, 5.41) is 13.5. The topological polar surface area (TPSA) is 125 Å². The molecule has 2 heterocycles. The lowest BCUT2D eigenvalue weighted by Gasteiger charge is -2.52. The number of unbranched alkanes of at least 4 members (excludes halogenated alkanes) is 1. The van der Waals surface area contributed by atoms with E-state index in [-0.39, 0.29) is 17.7 Å². The summed E-state index contributed by atoms with van der Waals surface area (Å²) < 4.78 is 5.87. The second-order valence-corrected chi connectivity index (χ2v) is 11.0. The van der Waals surface area contributed by atoms with E-state index in [4.69, 9.17) is 10.5 Å². The molecule has 2 atom stereocenters. The minimum Gasteiger partial charge on any atom is -0.457 e. The van der Waals surface area contributed by atoms with Gasteiger partial charge in [-0.3, -0.25) is 19.3 Å². The second-order valence-electron chi connectivity index (χ2n) is 11.0. The van der Waals surface area contributed by atoms with Crippen molar-refractivity contribution in [3.8, 4) is 11.5 Å². The quantitative estimate of drug-likeness (QED) is 0.429. The monoisotopic (exact) mass is 536 g/mol. The van der Waals surface area contributed by atoms with Crippen molar-refractivity contribution in [2.45, 2.75) is 70.7 Å². The molecule has 2 fully saturated rings. The molecule has 0 radical (unpaired) electrons. The highest BCUT2D eigenvalue weighted by Crippen LogP contribution is 2.35. The van der Waals surface area contributed by atoms with Gasteiger partial charge >= 0.3 is 0 Å². The second kappa shape index (κ2) is 12.2. The Hall–Kier alpha value is -3.43. The molecule has 3 amide bonds. The molecule has 9 nitrogen and oxygen atoms in total. The van der Waals surface area contributed by atoms with Gasteiger partial charge < -0.3 is 25.8 Å². The molecule has 0 saturated carbocycles. The van der Waals surface area contributed by atoms with Crippen molar-refractivity contribution in [2.75, 3.05) is 19.6 Å². The van der Waals surface area contributed by atoms with Crippen LogP contribution >= 0.6 is 0 Å². The Kier molecular flexibility index (Phi) is 8.92. The maximum atomic E-state index is 13.5. The van der Waals surface area contributed by atoms with Gasteiger partial charge in [0.25, 0.3) is 0 Å². The molecule has 0 bridgehead atoms. The first-order valence-corrected chi connectivity index (χ1v) is 13.8. The van der Waals surface area contributed by atoms with Gasteiger partial charge in [-0.2, -0.15) is 0 Å². The van der Waals surface area contributed by atoms with Gasteiger partial charge in [-0.25, -0.2) is 0 Å². The molecule has 2 saturated heterocycles. The maximum Gasteiger partial charge on any atom is 0.248 e. The number of benzene rings is 2. The molecule has 4 rings (SSSR count). The number of nitrogens with one attached hydrogen (secondary N) is 1. The summed E-state index contributed by atoms with van der Waals surface area (Å²) >= 11 is 0. The fourth-order valence-corrected chi connectivity index (χ4v) is 5.42. The van der Waals surface area contributed by atoms with Crippen LogP contribution in [0.2, 0.25) is 0 Å². The van der Waals surface area contributed by atoms with Crippen molar-refractivity contribution in [2.24, 2.45) is 11.7 Å². The third kappa shape index (κ3) is 6.25. The van der Waals surface area contributed by atoms with Crippen molar-refractivity contribution in [1.29, 1.82) is 0 Å². The number of likely N-dealkylation sites (tertiary alicyclic amines) is 1. The molecule has 2 aliphatic heterocycles. The van der Waals surface area contributed by atoms with Crippen LogP contribution in [0.25, 0.3) is 0 Å². The van der Waals surface area contributed by atoms with E-state index in [9.17, 15) is 19.5 Å². The largest absolute Gasteiger partial charge is 0.457 e. The Balaban J connectivity index is 1.38. The van der Waals surface area contributed by atoms with Crippen LogP contribution in [0.15, 0.2) is 48.5 Å². The smallest absolute Gasteiger partial charge is 0.248 e. The lowest BCUT2D eigenvalue weighted by Crippen LogP contribution is -2.74. The fraction of sp³-hybridized carbons (Fsp3) is 0.500. The van der Waals surface area contributed by atoms with Crippen LogP contribution in [0.3, 0.4) is 0 Å². The normalized spacial score (nSPS) is 20.2. The number of carbonyl (C=O) groups excluding carboxylic acids is 3. The standard InChI is InChI=1S/C30H40N4O5/c1-4-5-16-34-28(37)25(26(35)20(2)3)32-29(38)30(34)14-17-33(18-15-30)19-21-6-10-23(11-7-21)39-24-12-8-22(9-13-24)27(31)36/h6-13,20,25-26,35H,4-5,14-19H2,1-3H3,(H2,31,36)(H,32,38). The molecular formula is C30H40N4O5. The molecule has 0 aliphatic carbocycles. The molecule has 4 N–H and O–H groups in total. The van der Waals surface area contributed by atoms with E-state index in [0.29, 0.717) is 49.5 Å². The van der Waals surface area contributed by atoms with Crippen LogP contribution in [0.1, 0.15) is 62.4 Å². The number of nitrogens with two attached hydrogens (primary N) is 1. The predicted octanol–water partition coefficient (Wildman–Crippen LogP) is 3.06. The van der Waals surface area contributed by atoms with Crippen molar-refractivity contribution in [1.82, 2.24) is 15.1 Å². The Morgan fingerprint density at radius 2 is 1.67 bits per heavy atom. The van der Waals surface area contributed by atoms with Crippen LogP contribution in [-0.2, 0) is 16.1 Å². The van der Waals surface area contributed by atoms with Gasteiger partial charge in [-0.05, 0) is 67.1 Å². The van der Waals surface area contributed by atoms with Crippen molar-refractivity contribution >= 4 is 17.7 Å². The Morgan fingerprint density at radius 3 is 2.21 bits per heavy atom. The summed E-state index contributed by atoms with van der Waals surface area (Å²) in [4.78, 5) is 42.3. The SMILES string of the molecule is CCCCN1C(=O)C(C(O)C(C)C)NC(=O)C12CCN(Cc1ccc(Oc3ccc(C(N)=O)cc3)cc1)CC2. The van der Waals surface area contributed by atoms with E-state index in [1.807, 2.05) is 38.1 Å². The van der Waals surface area contributed by atoms with Crippen LogP contribution in [-0.4, -0.2) is 69.9 Å². The van der Waals surface area contributed by atoms with E-state index in [1.54, 1.807) is 29.2 Å². The molecule has 2 aromatic carbocycles. The van der Waals surface area contributed by atoms with Crippen LogP contribution in [0.5, 0.6) is 11.5 Å². The van der Waals surface area contributed by atoms with E-state index in [0.717, 1.165) is 24.9 Å². The Bertz CT molecular complexity index is 1160. The number of carbonyl (C=O) groups is 3. The minimum absolute atomic E-state index is 0.137.